The third-order valence-corrected chi connectivity index (χ3v) is 4.53. The second-order valence-electron chi connectivity index (χ2n) is 6.41. The number of carbonyl (C=O) groups excluding carboxylic acids is 1. The Balaban J connectivity index is 0.00000326. The number of rotatable bonds is 10. The molecule has 0 spiro atoms. The highest BCUT2D eigenvalue weighted by Gasteiger charge is 2.10. The van der Waals surface area contributed by atoms with Gasteiger partial charge in [-0.05, 0) is 50.5 Å². The summed E-state index contributed by atoms with van der Waals surface area (Å²) >= 11 is 1.67. The summed E-state index contributed by atoms with van der Waals surface area (Å²) in [5.74, 6) is 1.95. The van der Waals surface area contributed by atoms with Crippen molar-refractivity contribution in [1.82, 2.24) is 9.62 Å². The molecule has 0 aliphatic heterocycles. The summed E-state index contributed by atoms with van der Waals surface area (Å²) in [6, 6.07) is 6.34. The Labute approximate surface area is 170 Å². The van der Waals surface area contributed by atoms with Gasteiger partial charge in [-0.1, -0.05) is 56.8 Å². The fraction of sp³-hybridized carbons (Fsp3) is 0.500. The Hall–Kier alpha value is -1.88. The van der Waals surface area contributed by atoms with Gasteiger partial charge in [-0.15, -0.1) is 0 Å². The second-order valence-corrected chi connectivity index (χ2v) is 7.31. The molecule has 0 unspecified atom stereocenters. The molecule has 4 nitrogen and oxygen atoms in total. The van der Waals surface area contributed by atoms with Crippen LogP contribution in [-0.2, 0) is 4.79 Å². The van der Waals surface area contributed by atoms with Gasteiger partial charge in [0, 0.05) is 25.5 Å². The number of nitrogens with zero attached hydrogens (tertiary/aromatic N) is 1. The van der Waals surface area contributed by atoms with E-state index >= 15 is 0 Å². The van der Waals surface area contributed by atoms with E-state index in [0.717, 1.165) is 42.1 Å². The quantitative estimate of drug-likeness (QED) is 0.177. The van der Waals surface area contributed by atoms with Crippen molar-refractivity contribution in [3.05, 3.63) is 52.5 Å². The van der Waals surface area contributed by atoms with E-state index in [-0.39, 0.29) is 0 Å². The van der Waals surface area contributed by atoms with Crippen LogP contribution in [0.15, 0.2) is 41.4 Å². The lowest BCUT2D eigenvalue weighted by molar-refractivity contribution is -0.104. The predicted octanol–water partition coefficient (Wildman–Crippen LogP) is 5.66. The molecular formula is C22H37N3OS. The van der Waals surface area contributed by atoms with E-state index in [1.807, 2.05) is 45.8 Å². The standard InChI is InChI=1S/C20H31N3OS.C2H6/c1-7-8-11-25-22-19(13-16(3)14-24)20(23(5)6)21-18-10-9-15(2)12-17(18)4;1-2/h9-10,12-14,21-22H,7-8,11H2,1-6H3;1-2H3/b16-13-,20-19+;. The number of hydrogen-bond acceptors (Lipinski definition) is 5. The lowest BCUT2D eigenvalue weighted by Gasteiger charge is -2.24. The number of benzene rings is 1. The fourth-order valence-electron chi connectivity index (χ4n) is 2.25. The molecule has 1 rings (SSSR count). The average Bonchev–Trinajstić information content (AvgIpc) is 2.65. The molecule has 0 amide bonds. The van der Waals surface area contributed by atoms with Crippen LogP contribution in [0, 0.1) is 13.8 Å². The van der Waals surface area contributed by atoms with Crippen molar-refractivity contribution in [3.8, 4) is 0 Å². The van der Waals surface area contributed by atoms with Crippen LogP contribution in [0.4, 0.5) is 5.69 Å². The second kappa shape index (κ2) is 14.2. The minimum Gasteiger partial charge on any atom is -0.363 e. The largest absolute Gasteiger partial charge is 0.363 e. The normalized spacial score (nSPS) is 11.8. The van der Waals surface area contributed by atoms with Gasteiger partial charge in [-0.3, -0.25) is 4.79 Å². The van der Waals surface area contributed by atoms with Crippen molar-refractivity contribution in [2.75, 3.05) is 25.2 Å². The Morgan fingerprint density at radius 1 is 1.22 bits per heavy atom. The molecule has 1 aromatic rings. The first-order valence-corrected chi connectivity index (χ1v) is 10.6. The molecule has 0 heterocycles. The summed E-state index contributed by atoms with van der Waals surface area (Å²) in [7, 11) is 3.99. The van der Waals surface area contributed by atoms with Crippen molar-refractivity contribution in [1.29, 1.82) is 0 Å². The molecule has 2 N–H and O–H groups in total. The highest BCUT2D eigenvalue weighted by atomic mass is 32.2. The molecule has 0 fully saturated rings. The van der Waals surface area contributed by atoms with Gasteiger partial charge in [0.2, 0.25) is 0 Å². The zero-order valence-corrected chi connectivity index (χ0v) is 19.1. The SMILES string of the molecule is CC.CCCCSNC(/C=C(/C)C=O)=C(\Nc1ccc(C)cc1C)N(C)C. The van der Waals surface area contributed by atoms with Crippen molar-refractivity contribution >= 4 is 23.9 Å². The Kier molecular flexibility index (Phi) is 13.2. The molecular weight excluding hydrogens is 354 g/mol. The Bertz CT molecular complexity index is 636. The number of nitrogens with one attached hydrogen (secondary N) is 2. The smallest absolute Gasteiger partial charge is 0.145 e. The van der Waals surface area contributed by atoms with E-state index in [4.69, 9.17) is 0 Å². The first-order chi connectivity index (χ1) is 12.9. The monoisotopic (exact) mass is 391 g/mol. The van der Waals surface area contributed by atoms with E-state index in [1.165, 1.54) is 11.1 Å². The number of anilines is 1. The van der Waals surface area contributed by atoms with Crippen LogP contribution < -0.4 is 10.0 Å². The van der Waals surface area contributed by atoms with Gasteiger partial charge >= 0.3 is 0 Å². The van der Waals surface area contributed by atoms with E-state index < -0.39 is 0 Å². The van der Waals surface area contributed by atoms with Crippen molar-refractivity contribution in [3.63, 3.8) is 0 Å². The highest BCUT2D eigenvalue weighted by molar-refractivity contribution is 7.97. The van der Waals surface area contributed by atoms with E-state index in [0.29, 0.717) is 5.57 Å². The molecule has 5 heteroatoms. The van der Waals surface area contributed by atoms with Gasteiger partial charge in [0.1, 0.15) is 12.1 Å². The summed E-state index contributed by atoms with van der Waals surface area (Å²) in [5, 5.41) is 3.51. The number of hydrogen-bond donors (Lipinski definition) is 2. The first-order valence-electron chi connectivity index (χ1n) is 9.66. The number of unbranched alkanes of at least 4 members (excludes halogenated alkanes) is 1. The number of aryl methyl sites for hydroxylation is 2. The van der Waals surface area contributed by atoms with Gasteiger partial charge in [0.15, 0.2) is 0 Å². The van der Waals surface area contributed by atoms with Crippen LogP contribution in [0.2, 0.25) is 0 Å². The third kappa shape index (κ3) is 9.57. The number of allylic oxidation sites excluding steroid dienone is 2. The van der Waals surface area contributed by atoms with Gasteiger partial charge in [0.05, 0.1) is 5.70 Å². The van der Waals surface area contributed by atoms with Crippen molar-refractivity contribution < 1.29 is 4.79 Å². The lowest BCUT2D eigenvalue weighted by atomic mass is 10.1. The van der Waals surface area contributed by atoms with Gasteiger partial charge < -0.3 is 14.9 Å². The van der Waals surface area contributed by atoms with Gasteiger partial charge in [0.25, 0.3) is 0 Å². The first kappa shape index (κ1) is 25.1. The van der Waals surface area contributed by atoms with Gasteiger partial charge in [-0.25, -0.2) is 0 Å². The fourth-order valence-corrected chi connectivity index (χ4v) is 3.10. The van der Waals surface area contributed by atoms with Crippen molar-refractivity contribution in [2.45, 2.75) is 54.4 Å². The number of aldehydes is 1. The molecule has 0 saturated heterocycles. The van der Waals surface area contributed by atoms with E-state index in [1.54, 1.807) is 11.9 Å². The van der Waals surface area contributed by atoms with Crippen LogP contribution in [-0.4, -0.2) is 31.0 Å². The van der Waals surface area contributed by atoms with Gasteiger partial charge in [-0.2, -0.15) is 0 Å². The van der Waals surface area contributed by atoms with Crippen LogP contribution in [0.5, 0.6) is 0 Å². The molecule has 0 saturated carbocycles. The molecule has 0 aliphatic carbocycles. The maximum Gasteiger partial charge on any atom is 0.145 e. The zero-order chi connectivity index (χ0) is 20.8. The number of carbonyl (C=O) groups is 1. The predicted molar refractivity (Wildman–Crippen MR) is 122 cm³/mol. The van der Waals surface area contributed by atoms with E-state index in [2.05, 4.69) is 49.0 Å². The van der Waals surface area contributed by atoms with Crippen LogP contribution in [0.25, 0.3) is 0 Å². The maximum atomic E-state index is 11.1. The maximum absolute atomic E-state index is 11.1. The van der Waals surface area contributed by atoms with Crippen LogP contribution in [0.3, 0.4) is 0 Å². The minimum absolute atomic E-state index is 0.681. The lowest BCUT2D eigenvalue weighted by Crippen LogP contribution is -2.24. The summed E-state index contributed by atoms with van der Waals surface area (Å²) < 4.78 is 3.41. The topological polar surface area (TPSA) is 44.4 Å². The van der Waals surface area contributed by atoms with Crippen LogP contribution in [0.1, 0.15) is 51.7 Å². The Morgan fingerprint density at radius 3 is 2.41 bits per heavy atom. The molecule has 0 atom stereocenters. The summed E-state index contributed by atoms with van der Waals surface area (Å²) in [5.41, 5.74) is 5.07. The minimum atomic E-state index is 0.681. The summed E-state index contributed by atoms with van der Waals surface area (Å²) in [6.07, 6.45) is 5.09. The third-order valence-electron chi connectivity index (χ3n) is 3.68. The van der Waals surface area contributed by atoms with E-state index in [9.17, 15) is 4.79 Å². The molecule has 0 aromatic heterocycles. The molecule has 152 valence electrons. The molecule has 27 heavy (non-hydrogen) atoms. The summed E-state index contributed by atoms with van der Waals surface area (Å²) in [6.45, 7) is 12.2. The van der Waals surface area contributed by atoms with Crippen molar-refractivity contribution in [2.24, 2.45) is 0 Å². The molecule has 0 bridgehead atoms. The van der Waals surface area contributed by atoms with Crippen LogP contribution >= 0.6 is 11.9 Å². The molecule has 0 aliphatic rings. The molecule has 0 radical (unpaired) electrons. The highest BCUT2D eigenvalue weighted by Crippen LogP contribution is 2.21. The zero-order valence-electron chi connectivity index (χ0n) is 18.3. The Morgan fingerprint density at radius 2 is 1.89 bits per heavy atom. The molecule has 1 aromatic carbocycles. The average molecular weight is 392 g/mol. The summed E-state index contributed by atoms with van der Waals surface area (Å²) in [4.78, 5) is 13.1.